The van der Waals surface area contributed by atoms with Crippen molar-refractivity contribution in [3.63, 3.8) is 0 Å². The summed E-state index contributed by atoms with van der Waals surface area (Å²) in [5.41, 5.74) is 2.97. The SMILES string of the molecule is Cl.Cl.O.O=C1COC(CCN2CCC(O)(c3ccccc3)CC2)(c2ccc(Cl)c(Cl)c2)CN1Cc1ccccc1.O=C1COC(CCN2CCC(O)(c3ccccc3)CC2)(c2ccc(Cl)c(Cl)c2)CN1Cc1ccccc1. The number of carbonyl (C=O) groups is 2. The van der Waals surface area contributed by atoms with Gasteiger partial charge in [-0.2, -0.15) is 0 Å². The standard InChI is InChI=1S/2C30H32Cl2N2O3.2ClH.H2O/c2*31-26-12-11-25(19-27(26)32)30(22-34(28(35)21-37-30)20-23-7-3-1-4-8-23)15-18-33-16-13-29(36,14-17-33)24-9-5-2-6-10-24;;;/h2*1-12,19,36H,13-18,20-22H2;2*1H;1H2. The maximum atomic E-state index is 12.9. The van der Waals surface area contributed by atoms with Gasteiger partial charge in [0.25, 0.3) is 0 Å². The fourth-order valence-electron chi connectivity index (χ4n) is 10.9. The zero-order valence-corrected chi connectivity index (χ0v) is 47.5. The molecule has 4 fully saturated rings. The van der Waals surface area contributed by atoms with Gasteiger partial charge in [-0.1, -0.05) is 180 Å². The molecule has 11 nitrogen and oxygen atoms in total. The Bertz CT molecular complexity index is 2640. The number of benzene rings is 6. The molecule has 77 heavy (non-hydrogen) atoms. The second-order valence-corrected chi connectivity index (χ2v) is 21.9. The number of aliphatic hydroxyl groups is 2. The maximum Gasteiger partial charge on any atom is 0.249 e. The Labute approximate surface area is 485 Å². The Balaban J connectivity index is 0.000000240. The van der Waals surface area contributed by atoms with Gasteiger partial charge in [0.2, 0.25) is 11.8 Å². The van der Waals surface area contributed by atoms with Crippen LogP contribution in [0.15, 0.2) is 158 Å². The Morgan fingerprint density at radius 2 is 0.766 bits per heavy atom. The Kier molecular flexibility index (Phi) is 22.3. The fraction of sp³-hybridized carbons (Fsp3) is 0.367. The molecule has 2 amide bonds. The van der Waals surface area contributed by atoms with Gasteiger partial charge in [0.15, 0.2) is 0 Å². The molecule has 0 bridgehead atoms. The summed E-state index contributed by atoms with van der Waals surface area (Å²) in [4.78, 5) is 34.2. The van der Waals surface area contributed by atoms with Crippen LogP contribution in [0, 0.1) is 0 Å². The first-order chi connectivity index (χ1) is 35.7. The average molecular weight is 1170 g/mol. The van der Waals surface area contributed by atoms with Crippen LogP contribution in [0.3, 0.4) is 0 Å². The summed E-state index contributed by atoms with van der Waals surface area (Å²) in [5.74, 6) is -0.0455. The minimum absolute atomic E-state index is 0. The van der Waals surface area contributed by atoms with Crippen LogP contribution in [-0.4, -0.2) is 113 Å². The van der Waals surface area contributed by atoms with E-state index in [1.807, 2.05) is 155 Å². The first-order valence-electron chi connectivity index (χ1n) is 25.6. The fourth-order valence-corrected chi connectivity index (χ4v) is 11.5. The van der Waals surface area contributed by atoms with E-state index in [2.05, 4.69) is 9.80 Å². The van der Waals surface area contributed by atoms with Gasteiger partial charge in [0.05, 0.1) is 44.4 Å². The molecule has 4 N–H and O–H groups in total. The number of piperidine rings is 2. The molecule has 4 aliphatic rings. The molecular formula is C60H68Cl6N4O7. The molecule has 4 saturated heterocycles. The third-order valence-electron chi connectivity index (χ3n) is 15.5. The van der Waals surface area contributed by atoms with E-state index in [1.54, 1.807) is 12.1 Å². The zero-order chi connectivity index (χ0) is 51.8. The quantitative estimate of drug-likeness (QED) is 0.110. The van der Waals surface area contributed by atoms with E-state index in [9.17, 15) is 19.8 Å². The van der Waals surface area contributed by atoms with Crippen molar-refractivity contribution in [2.24, 2.45) is 0 Å². The summed E-state index contributed by atoms with van der Waals surface area (Å²) in [6, 6.07) is 51.1. The number of hydrogen-bond donors (Lipinski definition) is 2. The van der Waals surface area contributed by atoms with Crippen LogP contribution < -0.4 is 0 Å². The van der Waals surface area contributed by atoms with E-state index < -0.39 is 22.4 Å². The second kappa shape index (κ2) is 27.7. The molecule has 0 radical (unpaired) electrons. The largest absolute Gasteiger partial charge is 0.412 e. The van der Waals surface area contributed by atoms with Crippen LogP contribution in [0.4, 0.5) is 0 Å². The highest BCUT2D eigenvalue weighted by molar-refractivity contribution is 6.42. The van der Waals surface area contributed by atoms with Crippen molar-refractivity contribution in [2.75, 3.05) is 65.6 Å². The first kappa shape index (κ1) is 61.9. The van der Waals surface area contributed by atoms with Gasteiger partial charge in [-0.15, -0.1) is 24.8 Å². The predicted molar refractivity (Wildman–Crippen MR) is 311 cm³/mol. The molecule has 412 valence electrons. The van der Waals surface area contributed by atoms with Crippen molar-refractivity contribution < 1.29 is 34.8 Å². The van der Waals surface area contributed by atoms with Crippen molar-refractivity contribution in [1.29, 1.82) is 0 Å². The van der Waals surface area contributed by atoms with Gasteiger partial charge < -0.3 is 44.8 Å². The van der Waals surface area contributed by atoms with E-state index in [1.165, 1.54) is 0 Å². The lowest BCUT2D eigenvalue weighted by Gasteiger charge is -2.45. The number of likely N-dealkylation sites (tertiary alicyclic amines) is 2. The summed E-state index contributed by atoms with van der Waals surface area (Å²) in [6.45, 7) is 6.65. The van der Waals surface area contributed by atoms with Crippen molar-refractivity contribution in [3.05, 3.63) is 211 Å². The number of ether oxygens (including phenoxy) is 2. The van der Waals surface area contributed by atoms with Crippen LogP contribution in [0.2, 0.25) is 20.1 Å². The van der Waals surface area contributed by atoms with Crippen LogP contribution in [-0.2, 0) is 54.6 Å². The normalized spacial score (nSPS) is 21.4. The molecule has 17 heteroatoms. The number of rotatable bonds is 14. The Hall–Kier alpha value is -4.28. The number of hydrogen-bond acceptors (Lipinski definition) is 8. The van der Waals surface area contributed by atoms with E-state index in [0.717, 1.165) is 72.6 Å². The van der Waals surface area contributed by atoms with Gasteiger partial charge in [-0.25, -0.2) is 0 Å². The summed E-state index contributed by atoms with van der Waals surface area (Å²) in [6.07, 6.45) is 4.08. The van der Waals surface area contributed by atoms with E-state index in [-0.39, 0.29) is 55.3 Å². The molecule has 4 heterocycles. The van der Waals surface area contributed by atoms with Gasteiger partial charge >= 0.3 is 0 Å². The smallest absolute Gasteiger partial charge is 0.249 e. The molecule has 0 saturated carbocycles. The number of morpholine rings is 2. The van der Waals surface area contributed by atoms with Crippen LogP contribution in [0.1, 0.15) is 71.9 Å². The molecule has 2 unspecified atom stereocenters. The number of carbonyl (C=O) groups excluding carboxylic acids is 2. The van der Waals surface area contributed by atoms with E-state index in [0.29, 0.717) is 84.8 Å². The lowest BCUT2D eigenvalue weighted by atomic mass is 9.83. The lowest BCUT2D eigenvalue weighted by molar-refractivity contribution is -0.169. The topological polar surface area (TPSA) is 138 Å². The third-order valence-corrected chi connectivity index (χ3v) is 17.0. The monoisotopic (exact) mass is 1170 g/mol. The Morgan fingerprint density at radius 1 is 0.442 bits per heavy atom. The maximum absolute atomic E-state index is 12.9. The highest BCUT2D eigenvalue weighted by atomic mass is 35.5. The number of nitrogens with zero attached hydrogens (tertiary/aromatic N) is 4. The third kappa shape index (κ3) is 15.1. The van der Waals surface area contributed by atoms with Gasteiger partial charge in [0.1, 0.15) is 24.4 Å². The number of halogens is 6. The number of amides is 2. The summed E-state index contributed by atoms with van der Waals surface area (Å²) in [7, 11) is 0. The minimum atomic E-state index is -0.792. The van der Waals surface area contributed by atoms with Gasteiger partial charge in [-0.05, 0) is 96.2 Å². The van der Waals surface area contributed by atoms with Crippen molar-refractivity contribution in [2.45, 2.75) is 74.0 Å². The highest BCUT2D eigenvalue weighted by Gasteiger charge is 2.45. The first-order valence-corrected chi connectivity index (χ1v) is 27.1. The molecule has 0 aliphatic carbocycles. The van der Waals surface area contributed by atoms with Gasteiger partial charge in [-0.3, -0.25) is 9.59 Å². The summed E-state index contributed by atoms with van der Waals surface area (Å²) in [5, 5.41) is 24.4. The van der Waals surface area contributed by atoms with Crippen LogP contribution >= 0.6 is 71.2 Å². The lowest BCUT2D eigenvalue weighted by Crippen LogP contribution is -2.54. The predicted octanol–water partition coefficient (Wildman–Crippen LogP) is 11.3. The molecular weight excluding hydrogens is 1100 g/mol. The van der Waals surface area contributed by atoms with Crippen LogP contribution in [0.25, 0.3) is 0 Å². The van der Waals surface area contributed by atoms with Crippen molar-refractivity contribution in [3.8, 4) is 0 Å². The molecule has 0 aromatic heterocycles. The van der Waals surface area contributed by atoms with Crippen molar-refractivity contribution in [1.82, 2.24) is 19.6 Å². The second-order valence-electron chi connectivity index (χ2n) is 20.3. The van der Waals surface area contributed by atoms with Crippen molar-refractivity contribution >= 4 is 83.0 Å². The molecule has 10 rings (SSSR count). The summed E-state index contributed by atoms with van der Waals surface area (Å²) >= 11 is 25.3. The molecule has 4 aliphatic heterocycles. The summed E-state index contributed by atoms with van der Waals surface area (Å²) < 4.78 is 12.7. The zero-order valence-electron chi connectivity index (χ0n) is 42.9. The highest BCUT2D eigenvalue weighted by Crippen LogP contribution is 2.41. The average Bonchev–Trinajstić information content (AvgIpc) is 3.44. The molecule has 2 atom stereocenters. The van der Waals surface area contributed by atoms with E-state index in [4.69, 9.17) is 55.9 Å². The molecule has 6 aromatic rings. The molecule has 0 spiro atoms. The molecule has 6 aromatic carbocycles. The van der Waals surface area contributed by atoms with E-state index >= 15 is 0 Å². The van der Waals surface area contributed by atoms with Crippen LogP contribution in [0.5, 0.6) is 0 Å². The Morgan fingerprint density at radius 3 is 1.09 bits per heavy atom. The minimum Gasteiger partial charge on any atom is -0.412 e. The van der Waals surface area contributed by atoms with Gasteiger partial charge in [0, 0.05) is 52.4 Å².